The third kappa shape index (κ3) is 4.89. The van der Waals surface area contributed by atoms with Crippen LogP contribution in [-0.2, 0) is 6.42 Å². The Morgan fingerprint density at radius 3 is 2.66 bits per heavy atom. The van der Waals surface area contributed by atoms with Crippen molar-refractivity contribution in [3.63, 3.8) is 0 Å². The zero-order valence-corrected chi connectivity index (χ0v) is 17.7. The molecule has 0 amide bonds. The van der Waals surface area contributed by atoms with Gasteiger partial charge in [0.15, 0.2) is 0 Å². The summed E-state index contributed by atoms with van der Waals surface area (Å²) in [6, 6.07) is 3.52. The van der Waals surface area contributed by atoms with Crippen molar-refractivity contribution in [2.75, 3.05) is 13.3 Å². The number of rotatable bonds is 5. The van der Waals surface area contributed by atoms with Gasteiger partial charge in [0.05, 0.1) is 5.70 Å². The molecule has 29 heavy (non-hydrogen) atoms. The lowest BCUT2D eigenvalue weighted by Crippen LogP contribution is -2.13. The fraction of sp³-hybridized carbons (Fsp3) is 0.238. The van der Waals surface area contributed by atoms with Gasteiger partial charge in [0.2, 0.25) is 0 Å². The van der Waals surface area contributed by atoms with Gasteiger partial charge in [-0.1, -0.05) is 18.3 Å². The minimum atomic E-state index is -0.714. The van der Waals surface area contributed by atoms with Crippen molar-refractivity contribution in [3.05, 3.63) is 75.2 Å². The normalized spacial score (nSPS) is 13.1. The molecule has 0 aliphatic rings. The van der Waals surface area contributed by atoms with Gasteiger partial charge in [0.1, 0.15) is 17.2 Å². The number of nitrogens with two attached hydrogens (primary N) is 2. The molecule has 0 fully saturated rings. The number of halogens is 1. The maximum atomic E-state index is 14.3. The van der Waals surface area contributed by atoms with Gasteiger partial charge in [-0.25, -0.2) is 14.2 Å². The molecular weight excluding hydrogens is 393 g/mol. The van der Waals surface area contributed by atoms with Crippen LogP contribution in [-0.4, -0.2) is 18.5 Å². The van der Waals surface area contributed by atoms with Gasteiger partial charge < -0.3 is 20.6 Å². The van der Waals surface area contributed by atoms with Gasteiger partial charge in [-0.05, 0) is 55.1 Å². The molecule has 0 aliphatic heterocycles. The average Bonchev–Trinajstić information content (AvgIpc) is 2.68. The molecule has 1 aromatic carbocycles. The second-order valence-corrected chi connectivity index (χ2v) is 7.06. The molecule has 0 radical (unpaired) electrons. The number of fused-ring (bicyclic) bond motifs is 1. The van der Waals surface area contributed by atoms with Crippen LogP contribution in [0.2, 0.25) is 0 Å². The van der Waals surface area contributed by atoms with Crippen molar-refractivity contribution < 1.29 is 13.5 Å². The largest absolute Gasteiger partial charge is 0.434 e. The summed E-state index contributed by atoms with van der Waals surface area (Å²) in [5.41, 5.74) is 12.4. The molecule has 154 valence electrons. The molecule has 0 saturated heterocycles. The van der Waals surface area contributed by atoms with Crippen LogP contribution in [0.15, 0.2) is 62.3 Å². The van der Waals surface area contributed by atoms with Crippen LogP contribution < -0.4 is 21.8 Å². The number of ether oxygens (including phenoxy) is 1. The Labute approximate surface area is 172 Å². The highest BCUT2D eigenvalue weighted by molar-refractivity contribution is 8.13. The average molecular weight is 418 g/mol. The summed E-state index contributed by atoms with van der Waals surface area (Å²) in [5.74, 6) is -0.172. The number of aryl methyl sites for hydroxylation is 2. The molecule has 0 atom stereocenters. The second kappa shape index (κ2) is 9.47. The molecule has 2 rings (SSSR count). The zero-order valence-electron chi connectivity index (χ0n) is 16.8. The van der Waals surface area contributed by atoms with Crippen LogP contribution >= 0.6 is 11.8 Å². The number of thioether (sulfide) groups is 1. The molecule has 1 heterocycles. The summed E-state index contributed by atoms with van der Waals surface area (Å²) >= 11 is 1.36. The van der Waals surface area contributed by atoms with Crippen molar-refractivity contribution in [1.29, 1.82) is 0 Å². The van der Waals surface area contributed by atoms with Crippen LogP contribution in [0, 0.1) is 13.8 Å². The second-order valence-electron chi connectivity index (χ2n) is 6.30. The van der Waals surface area contributed by atoms with Crippen molar-refractivity contribution in [2.45, 2.75) is 20.3 Å². The number of hydrogen-bond acceptors (Lipinski definition) is 7. The van der Waals surface area contributed by atoms with E-state index in [1.165, 1.54) is 24.0 Å². The van der Waals surface area contributed by atoms with Crippen LogP contribution in [0.5, 0.6) is 5.75 Å². The fourth-order valence-electron chi connectivity index (χ4n) is 2.83. The Morgan fingerprint density at radius 1 is 1.41 bits per heavy atom. The van der Waals surface area contributed by atoms with E-state index in [-0.39, 0.29) is 17.7 Å². The Kier molecular flexibility index (Phi) is 7.28. The van der Waals surface area contributed by atoms with Crippen LogP contribution in [0.25, 0.3) is 11.0 Å². The standard InChI is InChI=1S/C21H24FN3O3S/c1-11-8-15-12(2)16(9-14(6-7-23)19(22)13(3)24)20(26)27-18(15)10-17(11)28-21(25-4)29-5/h6-8,10H,3,9,23-24H2,1-2,4-5H3/b7-6-,19-14-,25-21-. The van der Waals surface area contributed by atoms with E-state index in [0.717, 1.165) is 10.9 Å². The highest BCUT2D eigenvalue weighted by Crippen LogP contribution is 2.30. The molecular formula is C21H24FN3O3S. The predicted molar refractivity (Wildman–Crippen MR) is 118 cm³/mol. The topological polar surface area (TPSA) is 104 Å². The Balaban J connectivity index is 2.62. The van der Waals surface area contributed by atoms with Crippen molar-refractivity contribution in [2.24, 2.45) is 16.5 Å². The van der Waals surface area contributed by atoms with Crippen molar-refractivity contribution >= 4 is 28.0 Å². The van der Waals surface area contributed by atoms with E-state index in [2.05, 4.69) is 11.6 Å². The first-order chi connectivity index (χ1) is 13.7. The van der Waals surface area contributed by atoms with E-state index in [4.69, 9.17) is 20.6 Å². The van der Waals surface area contributed by atoms with E-state index >= 15 is 0 Å². The first kappa shape index (κ1) is 22.3. The number of hydrogen-bond donors (Lipinski definition) is 2. The lowest BCUT2D eigenvalue weighted by Gasteiger charge is -2.13. The summed E-state index contributed by atoms with van der Waals surface area (Å²) in [6.45, 7) is 7.07. The van der Waals surface area contributed by atoms with Gasteiger partial charge in [-0.15, -0.1) is 0 Å². The Morgan fingerprint density at radius 2 is 2.10 bits per heavy atom. The van der Waals surface area contributed by atoms with E-state index in [0.29, 0.717) is 27.7 Å². The maximum Gasteiger partial charge on any atom is 0.340 e. The molecule has 8 heteroatoms. The molecule has 0 aliphatic carbocycles. The molecule has 4 N–H and O–H groups in total. The van der Waals surface area contributed by atoms with E-state index < -0.39 is 11.5 Å². The fourth-order valence-corrected chi connectivity index (χ4v) is 3.19. The smallest absolute Gasteiger partial charge is 0.340 e. The molecule has 0 spiro atoms. The van der Waals surface area contributed by atoms with Crippen LogP contribution in [0.4, 0.5) is 4.39 Å². The van der Waals surface area contributed by atoms with Gasteiger partial charge in [-0.3, -0.25) is 0 Å². The number of benzene rings is 1. The zero-order chi connectivity index (χ0) is 21.7. The lowest BCUT2D eigenvalue weighted by molar-refractivity contribution is 0.537. The van der Waals surface area contributed by atoms with E-state index in [9.17, 15) is 9.18 Å². The third-order valence-corrected chi connectivity index (χ3v) is 4.98. The van der Waals surface area contributed by atoms with E-state index in [1.54, 1.807) is 20.0 Å². The molecule has 1 aromatic heterocycles. The van der Waals surface area contributed by atoms with Gasteiger partial charge >= 0.3 is 5.63 Å². The van der Waals surface area contributed by atoms with Crippen LogP contribution in [0.1, 0.15) is 16.7 Å². The monoisotopic (exact) mass is 417 g/mol. The maximum absolute atomic E-state index is 14.3. The summed E-state index contributed by atoms with van der Waals surface area (Å²) in [4.78, 5) is 16.7. The SMILES string of the molecule is C=C(N)/C(F)=C(\C=C/N)Cc1c(C)c2cc(C)c(O/C(=N/C)SC)cc2oc1=O. The Bertz CT molecular complexity index is 1100. The summed E-state index contributed by atoms with van der Waals surface area (Å²) in [6.07, 6.45) is 4.36. The van der Waals surface area contributed by atoms with Crippen molar-refractivity contribution in [1.82, 2.24) is 0 Å². The van der Waals surface area contributed by atoms with Gasteiger partial charge in [0.25, 0.3) is 5.23 Å². The summed E-state index contributed by atoms with van der Waals surface area (Å²) in [5, 5.41) is 1.22. The minimum absolute atomic E-state index is 0.0315. The summed E-state index contributed by atoms with van der Waals surface area (Å²) < 4.78 is 25.6. The first-order valence-electron chi connectivity index (χ1n) is 8.70. The van der Waals surface area contributed by atoms with E-state index in [1.807, 2.05) is 19.2 Å². The highest BCUT2D eigenvalue weighted by atomic mass is 32.2. The first-order valence-corrected chi connectivity index (χ1v) is 9.93. The Hall–Kier alpha value is -3.00. The van der Waals surface area contributed by atoms with Gasteiger partial charge in [0, 0.05) is 30.5 Å². The predicted octanol–water partition coefficient (Wildman–Crippen LogP) is 3.85. The molecule has 0 saturated carbocycles. The number of aliphatic imine (C=N–C) groups is 1. The molecule has 0 bridgehead atoms. The number of allylic oxidation sites excluding steroid dienone is 3. The van der Waals surface area contributed by atoms with Gasteiger partial charge in [-0.2, -0.15) is 0 Å². The molecule has 2 aromatic rings. The van der Waals surface area contributed by atoms with Crippen LogP contribution in [0.3, 0.4) is 0 Å². The minimum Gasteiger partial charge on any atom is -0.434 e. The number of nitrogens with zero attached hydrogens (tertiary/aromatic N) is 1. The molecule has 6 nitrogen and oxygen atoms in total. The van der Waals surface area contributed by atoms with Crippen molar-refractivity contribution in [3.8, 4) is 5.75 Å². The molecule has 0 unspecified atom stereocenters. The lowest BCUT2D eigenvalue weighted by atomic mass is 9.97. The third-order valence-electron chi connectivity index (χ3n) is 4.37. The summed E-state index contributed by atoms with van der Waals surface area (Å²) in [7, 11) is 1.63. The highest BCUT2D eigenvalue weighted by Gasteiger charge is 2.17. The quantitative estimate of drug-likeness (QED) is 0.331.